The van der Waals surface area contributed by atoms with Gasteiger partial charge in [0.1, 0.15) is 37.3 Å². The number of aromatic amines is 1. The fourth-order valence-electron chi connectivity index (χ4n) is 8.78. The number of nitrogens with zero attached hydrogens (tertiary/aromatic N) is 2. The molecule has 6 atom stereocenters. The molecule has 7 rings (SSSR count). The smallest absolute Gasteiger partial charge is 0.248 e. The molecular weight excluding hydrogens is 861 g/mol. The molecule has 5 aromatic carbocycles. The SMILES string of the molecule is C[C@@H](O)[C@@H]1NC(=O)[C@H](CCCCN)NC(=O)[C@@H](Cc2c[nH]c3ccccc23)NC(=O)[C@H](Cc2ccccc2)NC(=O)CN([C@@H](C)c2ccccc2)C(=O)CN(Cc2cccc3ccccc23)C1=O. The Bertz CT molecular complexity index is 2700. The number of aromatic nitrogens is 1. The molecule has 1 aromatic heterocycles. The lowest BCUT2D eigenvalue weighted by Gasteiger charge is -2.35. The van der Waals surface area contributed by atoms with Crippen molar-refractivity contribution in [3.63, 3.8) is 0 Å². The van der Waals surface area contributed by atoms with Gasteiger partial charge in [-0.05, 0) is 78.7 Å². The van der Waals surface area contributed by atoms with Crippen molar-refractivity contribution in [2.45, 2.75) is 88.8 Å². The number of hydrogen-bond donors (Lipinski definition) is 7. The zero-order chi connectivity index (χ0) is 48.2. The van der Waals surface area contributed by atoms with Gasteiger partial charge >= 0.3 is 0 Å². The van der Waals surface area contributed by atoms with Crippen molar-refractivity contribution in [2.24, 2.45) is 5.73 Å². The highest BCUT2D eigenvalue weighted by Crippen LogP contribution is 2.25. The predicted molar refractivity (Wildman–Crippen MR) is 260 cm³/mol. The number of para-hydroxylation sites is 1. The van der Waals surface area contributed by atoms with Gasteiger partial charge in [-0.1, -0.05) is 121 Å². The Morgan fingerprint density at radius 2 is 1.25 bits per heavy atom. The molecule has 0 spiro atoms. The molecule has 354 valence electrons. The first-order valence-electron chi connectivity index (χ1n) is 23.2. The van der Waals surface area contributed by atoms with E-state index in [1.54, 1.807) is 13.1 Å². The maximum Gasteiger partial charge on any atom is 0.248 e. The number of H-pyrrole nitrogens is 1. The average molecular weight is 921 g/mol. The summed E-state index contributed by atoms with van der Waals surface area (Å²) in [6, 6.07) is 33.0. The van der Waals surface area contributed by atoms with E-state index in [-0.39, 0.29) is 25.8 Å². The van der Waals surface area contributed by atoms with Crippen molar-refractivity contribution in [2.75, 3.05) is 19.6 Å². The maximum absolute atomic E-state index is 15.0. The van der Waals surface area contributed by atoms with Gasteiger partial charge in [-0.15, -0.1) is 0 Å². The van der Waals surface area contributed by atoms with Crippen LogP contribution in [0, 0.1) is 0 Å². The molecule has 68 heavy (non-hydrogen) atoms. The first-order chi connectivity index (χ1) is 32.9. The van der Waals surface area contributed by atoms with Crippen LogP contribution in [-0.4, -0.2) is 105 Å². The Morgan fingerprint density at radius 3 is 1.97 bits per heavy atom. The molecule has 0 saturated carbocycles. The summed E-state index contributed by atoms with van der Waals surface area (Å²) in [5.41, 5.74) is 9.51. The molecule has 0 unspecified atom stereocenters. The highest BCUT2D eigenvalue weighted by Gasteiger charge is 2.37. The van der Waals surface area contributed by atoms with E-state index in [9.17, 15) is 33.9 Å². The number of unbranched alkanes of at least 4 members (excludes halogenated alkanes) is 1. The van der Waals surface area contributed by atoms with E-state index in [1.807, 2.05) is 127 Å². The van der Waals surface area contributed by atoms with Crippen molar-refractivity contribution < 1.29 is 33.9 Å². The fraction of sp³-hybridized carbons (Fsp3) is 0.321. The van der Waals surface area contributed by atoms with Crippen LogP contribution in [0.4, 0.5) is 0 Å². The molecule has 8 N–H and O–H groups in total. The van der Waals surface area contributed by atoms with E-state index in [0.717, 1.165) is 27.2 Å². The monoisotopic (exact) mass is 920 g/mol. The van der Waals surface area contributed by atoms with Crippen molar-refractivity contribution in [1.82, 2.24) is 36.1 Å². The Labute approximate surface area is 395 Å². The van der Waals surface area contributed by atoms with Gasteiger partial charge in [0.05, 0.1) is 12.1 Å². The molecule has 15 heteroatoms. The molecule has 15 nitrogen and oxygen atoms in total. The zero-order valence-corrected chi connectivity index (χ0v) is 38.4. The molecule has 6 aromatic rings. The van der Waals surface area contributed by atoms with Crippen molar-refractivity contribution in [3.8, 4) is 0 Å². The number of hydrogen-bond acceptors (Lipinski definition) is 8. The third-order valence-electron chi connectivity index (χ3n) is 12.6. The minimum Gasteiger partial charge on any atom is -0.391 e. The molecule has 2 heterocycles. The Balaban J connectivity index is 1.33. The normalized spacial score (nSPS) is 20.2. The van der Waals surface area contributed by atoms with Crippen LogP contribution in [0.25, 0.3) is 21.7 Å². The Morgan fingerprint density at radius 1 is 0.632 bits per heavy atom. The molecule has 0 bridgehead atoms. The molecule has 0 radical (unpaired) electrons. The lowest BCUT2D eigenvalue weighted by molar-refractivity contribution is -0.147. The molecule has 0 aliphatic carbocycles. The van der Waals surface area contributed by atoms with E-state index in [0.29, 0.717) is 36.1 Å². The zero-order valence-electron chi connectivity index (χ0n) is 38.4. The number of aliphatic hydroxyl groups excluding tert-OH is 1. The van der Waals surface area contributed by atoms with E-state index in [4.69, 9.17) is 5.73 Å². The van der Waals surface area contributed by atoms with Crippen molar-refractivity contribution in [1.29, 1.82) is 0 Å². The van der Waals surface area contributed by atoms with Crippen LogP contribution < -0.4 is 27.0 Å². The number of benzene rings is 5. The van der Waals surface area contributed by atoms with Crippen LogP contribution in [0.1, 0.15) is 61.4 Å². The summed E-state index contributed by atoms with van der Waals surface area (Å²) >= 11 is 0. The van der Waals surface area contributed by atoms with E-state index >= 15 is 0 Å². The minimum atomic E-state index is -1.57. The lowest BCUT2D eigenvalue weighted by Crippen LogP contribution is -2.61. The van der Waals surface area contributed by atoms with E-state index < -0.39 is 84.8 Å². The Kier molecular flexibility index (Phi) is 16.4. The first kappa shape index (κ1) is 48.6. The number of nitrogens with two attached hydrogens (primary N) is 1. The van der Waals surface area contributed by atoms with E-state index in [2.05, 4.69) is 26.3 Å². The highest BCUT2D eigenvalue weighted by molar-refractivity contribution is 5.98. The fourth-order valence-corrected chi connectivity index (χ4v) is 8.78. The van der Waals surface area contributed by atoms with Gasteiger partial charge in [-0.3, -0.25) is 28.8 Å². The summed E-state index contributed by atoms with van der Waals surface area (Å²) in [5.74, 6) is -4.12. The number of amides is 6. The summed E-state index contributed by atoms with van der Waals surface area (Å²) in [5, 5.41) is 25.2. The number of carbonyl (C=O) groups excluding carboxylic acids is 6. The second-order valence-electron chi connectivity index (χ2n) is 17.4. The molecule has 1 saturated heterocycles. The molecule has 1 aliphatic heterocycles. The van der Waals surface area contributed by atoms with Gasteiger partial charge in [0.2, 0.25) is 35.4 Å². The van der Waals surface area contributed by atoms with Gasteiger partial charge in [0.25, 0.3) is 0 Å². The van der Waals surface area contributed by atoms with Gasteiger partial charge in [-0.2, -0.15) is 0 Å². The largest absolute Gasteiger partial charge is 0.391 e. The number of fused-ring (bicyclic) bond motifs is 2. The number of nitrogens with one attached hydrogen (secondary N) is 5. The topological polar surface area (TPSA) is 219 Å². The predicted octanol–water partition coefficient (Wildman–Crippen LogP) is 4.19. The highest BCUT2D eigenvalue weighted by atomic mass is 16.3. The van der Waals surface area contributed by atoms with E-state index in [1.165, 1.54) is 16.7 Å². The molecule has 1 fully saturated rings. The number of rotatable bonds is 13. The molecule has 6 amide bonds. The van der Waals surface area contributed by atoms with Crippen molar-refractivity contribution >= 4 is 57.1 Å². The molecule has 1 aliphatic rings. The minimum absolute atomic E-state index is 0.000484. The van der Waals surface area contributed by atoms with Crippen LogP contribution in [0.15, 0.2) is 134 Å². The first-order valence-corrected chi connectivity index (χ1v) is 23.2. The number of aliphatic hydroxyl groups is 1. The summed E-state index contributed by atoms with van der Waals surface area (Å²) < 4.78 is 0. The molecular formula is C53H60N8O7. The summed E-state index contributed by atoms with van der Waals surface area (Å²) in [7, 11) is 0. The van der Waals surface area contributed by atoms with Gasteiger partial charge < -0.3 is 46.9 Å². The van der Waals surface area contributed by atoms with Gasteiger partial charge in [0.15, 0.2) is 0 Å². The average Bonchev–Trinajstić information content (AvgIpc) is 3.76. The second kappa shape index (κ2) is 22.9. The quantitative estimate of drug-likeness (QED) is 0.0832. The lowest BCUT2D eigenvalue weighted by atomic mass is 10.0. The third kappa shape index (κ3) is 12.1. The van der Waals surface area contributed by atoms with Gasteiger partial charge in [-0.25, -0.2) is 0 Å². The van der Waals surface area contributed by atoms with Crippen LogP contribution >= 0.6 is 0 Å². The van der Waals surface area contributed by atoms with Crippen LogP contribution in [0.3, 0.4) is 0 Å². The summed E-state index contributed by atoms with van der Waals surface area (Å²) in [6.45, 7) is 2.30. The second-order valence-corrected chi connectivity index (χ2v) is 17.4. The van der Waals surface area contributed by atoms with Crippen molar-refractivity contribution in [3.05, 3.63) is 156 Å². The summed E-state index contributed by atoms with van der Waals surface area (Å²) in [6.07, 6.45) is 1.40. The van der Waals surface area contributed by atoms with Crippen LogP contribution in [0.2, 0.25) is 0 Å². The Hall–Kier alpha value is -7.36. The van der Waals surface area contributed by atoms with Crippen LogP contribution in [0.5, 0.6) is 0 Å². The third-order valence-corrected chi connectivity index (χ3v) is 12.6. The van der Waals surface area contributed by atoms with Crippen LogP contribution in [-0.2, 0) is 48.2 Å². The number of carbonyl (C=O) groups is 6. The van der Waals surface area contributed by atoms with Gasteiger partial charge in [0, 0.05) is 36.5 Å². The standard InChI is InChI=1S/C53H60N8O7/c1-34(37-18-7-4-8-19-37)61-32-47(63)56-45(28-36-16-5-3-6-17-36)51(66)58-46(29-40-30-55-43-25-12-11-24-42(40)43)52(67)57-44(26-13-14-27-54)50(65)59-49(35(2)62)53(68)60(33-48(61)64)31-39-22-15-21-38-20-9-10-23-41(38)39/h3-12,15-25,30,34-35,44-46,49,55,62H,13-14,26-29,31-33,54H2,1-2H3,(H,56,63)(H,57,67)(H,58,66)(H,59,65)/t34-,35+,44-,45-,46+,49-/m0/s1. The summed E-state index contributed by atoms with van der Waals surface area (Å²) in [4.78, 5) is 94.1. The maximum atomic E-state index is 15.0.